The minimum Gasteiger partial charge on any atom is -0.477 e. The lowest BCUT2D eigenvalue weighted by Gasteiger charge is -2.14. The number of aromatic nitrogens is 1. The van der Waals surface area contributed by atoms with Gasteiger partial charge in [0.2, 0.25) is 5.88 Å². The molecule has 2 aromatic carbocycles. The fourth-order valence-corrected chi connectivity index (χ4v) is 3.85. The topological polar surface area (TPSA) is 60.5 Å². The molecule has 1 fully saturated rings. The van der Waals surface area contributed by atoms with E-state index in [4.69, 9.17) is 9.47 Å². The molecule has 1 saturated heterocycles. The Morgan fingerprint density at radius 3 is 2.79 bits per heavy atom. The summed E-state index contributed by atoms with van der Waals surface area (Å²) in [6.45, 7) is 8.16. The molecular formula is C24H26N2O3. The molecule has 1 unspecified atom stereocenters. The van der Waals surface area contributed by atoms with E-state index in [0.717, 1.165) is 52.8 Å². The van der Waals surface area contributed by atoms with Gasteiger partial charge in [-0.1, -0.05) is 17.7 Å². The van der Waals surface area contributed by atoms with E-state index in [9.17, 15) is 4.79 Å². The molecule has 5 heteroatoms. The van der Waals surface area contributed by atoms with E-state index in [1.54, 1.807) is 6.20 Å². The molecule has 1 amide bonds. The van der Waals surface area contributed by atoms with Crippen molar-refractivity contribution in [2.24, 2.45) is 5.92 Å². The van der Waals surface area contributed by atoms with Gasteiger partial charge in [-0.3, -0.25) is 4.79 Å². The normalized spacial score (nSPS) is 16.2. The van der Waals surface area contributed by atoms with Gasteiger partial charge in [-0.2, -0.15) is 0 Å². The lowest BCUT2D eigenvalue weighted by Crippen LogP contribution is -2.14. The van der Waals surface area contributed by atoms with Crippen molar-refractivity contribution in [1.82, 2.24) is 4.98 Å². The van der Waals surface area contributed by atoms with E-state index in [1.165, 1.54) is 0 Å². The summed E-state index contributed by atoms with van der Waals surface area (Å²) in [4.78, 5) is 17.2. The van der Waals surface area contributed by atoms with E-state index in [0.29, 0.717) is 24.0 Å². The zero-order valence-electron chi connectivity index (χ0n) is 17.1. The van der Waals surface area contributed by atoms with E-state index >= 15 is 0 Å². The zero-order chi connectivity index (χ0) is 20.4. The maximum absolute atomic E-state index is 12.8. The number of fused-ring (bicyclic) bond motifs is 1. The highest BCUT2D eigenvalue weighted by Gasteiger charge is 2.18. The number of nitrogens with zero attached hydrogens (tertiary/aromatic N) is 1. The van der Waals surface area contributed by atoms with Crippen molar-refractivity contribution in [2.75, 3.05) is 25.1 Å². The zero-order valence-corrected chi connectivity index (χ0v) is 17.1. The number of rotatable bonds is 5. The second-order valence-corrected chi connectivity index (χ2v) is 7.82. The molecule has 1 aliphatic rings. The molecule has 1 N–H and O–H groups in total. The summed E-state index contributed by atoms with van der Waals surface area (Å²) in [5.41, 5.74) is 4.58. The Kier molecular flexibility index (Phi) is 5.49. The monoisotopic (exact) mass is 390 g/mol. The van der Waals surface area contributed by atoms with Crippen LogP contribution in [-0.2, 0) is 4.74 Å². The van der Waals surface area contributed by atoms with Crippen LogP contribution in [0.3, 0.4) is 0 Å². The van der Waals surface area contributed by atoms with Gasteiger partial charge >= 0.3 is 0 Å². The Balaban J connectivity index is 1.57. The van der Waals surface area contributed by atoms with Crippen molar-refractivity contribution < 1.29 is 14.3 Å². The smallest absolute Gasteiger partial charge is 0.255 e. The van der Waals surface area contributed by atoms with E-state index in [2.05, 4.69) is 10.3 Å². The Bertz CT molecular complexity index is 1060. The van der Waals surface area contributed by atoms with Crippen LogP contribution in [0.4, 0.5) is 5.69 Å². The third-order valence-electron chi connectivity index (χ3n) is 5.39. The Hall–Kier alpha value is -2.92. The standard InChI is InChI=1S/C24H26N2O3/c1-15-4-5-21(16(2)10-15)23(27)26-20-11-17(3)22-19(12-20)6-8-25-24(22)29-14-18-7-9-28-13-18/h4-6,8,10-12,18H,7,9,13-14H2,1-3H3,(H,26,27). The third-order valence-corrected chi connectivity index (χ3v) is 5.39. The molecule has 4 rings (SSSR count). The molecule has 0 spiro atoms. The second kappa shape index (κ2) is 8.21. The summed E-state index contributed by atoms with van der Waals surface area (Å²) in [5, 5.41) is 5.01. The Morgan fingerprint density at radius 2 is 2.03 bits per heavy atom. The molecule has 29 heavy (non-hydrogen) atoms. The van der Waals surface area contributed by atoms with Gasteiger partial charge in [-0.05, 0) is 68.0 Å². The van der Waals surface area contributed by atoms with Gasteiger partial charge in [0.15, 0.2) is 0 Å². The second-order valence-electron chi connectivity index (χ2n) is 7.82. The van der Waals surface area contributed by atoms with E-state index in [-0.39, 0.29) is 5.91 Å². The lowest BCUT2D eigenvalue weighted by molar-refractivity contribution is 0.102. The number of ether oxygens (including phenoxy) is 2. The van der Waals surface area contributed by atoms with Gasteiger partial charge in [0, 0.05) is 35.4 Å². The molecule has 3 aromatic rings. The van der Waals surface area contributed by atoms with E-state index < -0.39 is 0 Å². The summed E-state index contributed by atoms with van der Waals surface area (Å²) >= 11 is 0. The largest absolute Gasteiger partial charge is 0.477 e. The molecule has 2 heterocycles. The number of nitrogens with one attached hydrogen (secondary N) is 1. The number of carbonyl (C=O) groups is 1. The first-order valence-electron chi connectivity index (χ1n) is 10.00. The first-order valence-corrected chi connectivity index (χ1v) is 10.00. The molecular weight excluding hydrogens is 364 g/mol. The van der Waals surface area contributed by atoms with Gasteiger partial charge in [0.05, 0.1) is 13.2 Å². The molecule has 0 aliphatic carbocycles. The summed E-state index contributed by atoms with van der Waals surface area (Å²) in [7, 11) is 0. The number of benzene rings is 2. The molecule has 0 radical (unpaired) electrons. The summed E-state index contributed by atoms with van der Waals surface area (Å²) in [5.74, 6) is 0.954. The van der Waals surface area contributed by atoms with Crippen LogP contribution >= 0.6 is 0 Å². The number of pyridine rings is 1. The predicted octanol–water partition coefficient (Wildman–Crippen LogP) is 4.83. The SMILES string of the molecule is Cc1ccc(C(=O)Nc2cc(C)c3c(OCC4CCOC4)nccc3c2)c(C)c1. The highest BCUT2D eigenvalue weighted by atomic mass is 16.5. The number of hydrogen-bond acceptors (Lipinski definition) is 4. The summed E-state index contributed by atoms with van der Waals surface area (Å²) in [6, 6.07) is 11.7. The van der Waals surface area contributed by atoms with Crippen molar-refractivity contribution in [3.05, 3.63) is 64.8 Å². The third kappa shape index (κ3) is 4.25. The fourth-order valence-electron chi connectivity index (χ4n) is 3.85. The molecule has 1 atom stereocenters. The predicted molar refractivity (Wildman–Crippen MR) is 115 cm³/mol. The Labute approximate surface area is 171 Å². The van der Waals surface area contributed by atoms with Gasteiger partial charge in [0.1, 0.15) is 0 Å². The Morgan fingerprint density at radius 1 is 1.17 bits per heavy atom. The maximum atomic E-state index is 12.8. The van der Waals surface area contributed by atoms with Crippen molar-refractivity contribution in [3.63, 3.8) is 0 Å². The minimum absolute atomic E-state index is 0.104. The van der Waals surface area contributed by atoms with Crippen molar-refractivity contribution in [3.8, 4) is 5.88 Å². The fraction of sp³-hybridized carbons (Fsp3) is 0.333. The van der Waals surface area contributed by atoms with Crippen LogP contribution in [0.25, 0.3) is 10.8 Å². The minimum atomic E-state index is -0.104. The van der Waals surface area contributed by atoms with Crippen LogP contribution in [0.5, 0.6) is 5.88 Å². The first kappa shape index (κ1) is 19.4. The van der Waals surface area contributed by atoms with Gasteiger partial charge in [-0.25, -0.2) is 4.98 Å². The molecule has 1 aliphatic heterocycles. The molecule has 150 valence electrons. The molecule has 5 nitrogen and oxygen atoms in total. The quantitative estimate of drug-likeness (QED) is 0.678. The van der Waals surface area contributed by atoms with Gasteiger partial charge < -0.3 is 14.8 Å². The summed E-state index contributed by atoms with van der Waals surface area (Å²) < 4.78 is 11.4. The van der Waals surface area contributed by atoms with E-state index in [1.807, 2.05) is 57.2 Å². The van der Waals surface area contributed by atoms with Crippen molar-refractivity contribution in [1.29, 1.82) is 0 Å². The van der Waals surface area contributed by atoms with Crippen LogP contribution in [0.15, 0.2) is 42.6 Å². The molecule has 1 aromatic heterocycles. The number of hydrogen-bond donors (Lipinski definition) is 1. The molecule has 0 bridgehead atoms. The van der Waals surface area contributed by atoms with Crippen LogP contribution < -0.4 is 10.1 Å². The number of aryl methyl sites for hydroxylation is 3. The highest BCUT2D eigenvalue weighted by molar-refractivity contribution is 6.06. The maximum Gasteiger partial charge on any atom is 0.255 e. The van der Waals surface area contributed by atoms with Crippen LogP contribution in [0, 0.1) is 26.7 Å². The number of amides is 1. The summed E-state index contributed by atoms with van der Waals surface area (Å²) in [6.07, 6.45) is 2.77. The average Bonchev–Trinajstić information content (AvgIpc) is 3.19. The average molecular weight is 390 g/mol. The highest BCUT2D eigenvalue weighted by Crippen LogP contribution is 2.30. The first-order chi connectivity index (χ1) is 14.0. The van der Waals surface area contributed by atoms with Gasteiger partial charge in [0.25, 0.3) is 5.91 Å². The van der Waals surface area contributed by atoms with Crippen LogP contribution in [0.1, 0.15) is 33.5 Å². The molecule has 0 saturated carbocycles. The van der Waals surface area contributed by atoms with Gasteiger partial charge in [-0.15, -0.1) is 0 Å². The van der Waals surface area contributed by atoms with Crippen molar-refractivity contribution >= 4 is 22.4 Å². The number of carbonyl (C=O) groups excluding carboxylic acids is 1. The van der Waals surface area contributed by atoms with Crippen LogP contribution in [-0.4, -0.2) is 30.7 Å². The number of anilines is 1. The lowest BCUT2D eigenvalue weighted by atomic mass is 10.0. The van der Waals surface area contributed by atoms with Crippen LogP contribution in [0.2, 0.25) is 0 Å². The van der Waals surface area contributed by atoms with Crippen molar-refractivity contribution in [2.45, 2.75) is 27.2 Å².